The van der Waals surface area contributed by atoms with Gasteiger partial charge < -0.3 is 10.2 Å². The zero-order valence-electron chi connectivity index (χ0n) is 7.13. The van der Waals surface area contributed by atoms with E-state index in [0.717, 1.165) is 5.75 Å². The van der Waals surface area contributed by atoms with Crippen molar-refractivity contribution in [3.8, 4) is 0 Å². The van der Waals surface area contributed by atoms with Crippen molar-refractivity contribution in [1.82, 2.24) is 0 Å². The number of aliphatic hydroxyl groups excluding tert-OH is 1. The molecule has 0 amide bonds. The number of thioether (sulfide) groups is 1. The van der Waals surface area contributed by atoms with Gasteiger partial charge in [0, 0.05) is 5.75 Å². The Morgan fingerprint density at radius 1 is 1.36 bits per heavy atom. The average molecular weight is 176 g/mol. The molecular formula is C8H16O2S. The summed E-state index contributed by atoms with van der Waals surface area (Å²) in [7, 11) is 0. The first kappa shape index (κ1) is 9.36. The van der Waals surface area contributed by atoms with Gasteiger partial charge in [-0.25, -0.2) is 0 Å². The highest BCUT2D eigenvalue weighted by atomic mass is 32.2. The third kappa shape index (κ3) is 2.36. The molecule has 1 rings (SSSR count). The van der Waals surface area contributed by atoms with Crippen LogP contribution in [0.2, 0.25) is 0 Å². The second-order valence-corrected chi connectivity index (χ2v) is 5.20. The van der Waals surface area contributed by atoms with Crippen LogP contribution < -0.4 is 0 Å². The number of hydrogen-bond acceptors (Lipinski definition) is 3. The van der Waals surface area contributed by atoms with Crippen molar-refractivity contribution in [1.29, 1.82) is 0 Å². The molecule has 1 saturated heterocycles. The first-order valence-electron chi connectivity index (χ1n) is 3.88. The third-order valence-corrected chi connectivity index (χ3v) is 3.69. The number of aliphatic hydroxyl groups is 2. The van der Waals surface area contributed by atoms with Gasteiger partial charge in [0.1, 0.15) is 0 Å². The molecule has 0 bridgehead atoms. The molecule has 0 aliphatic carbocycles. The first-order valence-corrected chi connectivity index (χ1v) is 5.04. The van der Waals surface area contributed by atoms with Gasteiger partial charge in [0.05, 0.1) is 12.2 Å². The van der Waals surface area contributed by atoms with Gasteiger partial charge in [-0.15, -0.1) is 0 Å². The van der Waals surface area contributed by atoms with Crippen molar-refractivity contribution in [3.05, 3.63) is 0 Å². The van der Waals surface area contributed by atoms with Gasteiger partial charge in [-0.3, -0.25) is 0 Å². The highest BCUT2D eigenvalue weighted by molar-refractivity contribution is 7.99. The summed E-state index contributed by atoms with van der Waals surface area (Å²) in [5.41, 5.74) is -0.660. The van der Waals surface area contributed by atoms with Crippen molar-refractivity contribution in [2.24, 2.45) is 5.41 Å². The van der Waals surface area contributed by atoms with Crippen LogP contribution in [0.25, 0.3) is 0 Å². The molecular weight excluding hydrogens is 160 g/mol. The summed E-state index contributed by atoms with van der Waals surface area (Å²) in [5.74, 6) is 1.75. The van der Waals surface area contributed by atoms with Crippen molar-refractivity contribution in [2.45, 2.75) is 25.9 Å². The zero-order chi connectivity index (χ0) is 8.54. The molecule has 1 heterocycles. The third-order valence-electron chi connectivity index (χ3n) is 1.97. The Labute approximate surface area is 72.0 Å². The van der Waals surface area contributed by atoms with E-state index in [1.807, 2.05) is 0 Å². The van der Waals surface area contributed by atoms with Crippen molar-refractivity contribution < 1.29 is 10.2 Å². The van der Waals surface area contributed by atoms with E-state index >= 15 is 0 Å². The monoisotopic (exact) mass is 176 g/mol. The second kappa shape index (κ2) is 2.96. The highest BCUT2D eigenvalue weighted by Gasteiger charge is 2.38. The molecule has 11 heavy (non-hydrogen) atoms. The largest absolute Gasteiger partial charge is 0.393 e. The maximum absolute atomic E-state index is 9.74. The molecule has 2 nitrogen and oxygen atoms in total. The van der Waals surface area contributed by atoms with Crippen LogP contribution in [0, 0.1) is 5.41 Å². The van der Waals surface area contributed by atoms with Crippen LogP contribution in [-0.2, 0) is 0 Å². The van der Waals surface area contributed by atoms with E-state index in [-0.39, 0.29) is 12.0 Å². The summed E-state index contributed by atoms with van der Waals surface area (Å²) in [6.45, 7) is 4.14. The number of hydrogen-bond donors (Lipinski definition) is 2. The maximum Gasteiger partial charge on any atom is 0.0972 e. The molecule has 1 aliphatic heterocycles. The predicted molar refractivity (Wildman–Crippen MR) is 47.8 cm³/mol. The van der Waals surface area contributed by atoms with Crippen LogP contribution in [0.15, 0.2) is 0 Å². The molecule has 66 valence electrons. The molecule has 0 spiro atoms. The van der Waals surface area contributed by atoms with E-state index < -0.39 is 5.60 Å². The van der Waals surface area contributed by atoms with Gasteiger partial charge in [0.15, 0.2) is 0 Å². The highest BCUT2D eigenvalue weighted by Crippen LogP contribution is 2.38. The van der Waals surface area contributed by atoms with E-state index in [9.17, 15) is 5.11 Å². The Morgan fingerprint density at radius 2 is 2.00 bits per heavy atom. The molecule has 2 N–H and O–H groups in total. The van der Waals surface area contributed by atoms with E-state index in [1.165, 1.54) is 0 Å². The van der Waals surface area contributed by atoms with Gasteiger partial charge >= 0.3 is 0 Å². The van der Waals surface area contributed by atoms with Crippen molar-refractivity contribution in [2.75, 3.05) is 18.1 Å². The van der Waals surface area contributed by atoms with E-state index in [2.05, 4.69) is 13.8 Å². The topological polar surface area (TPSA) is 40.5 Å². The lowest BCUT2D eigenvalue weighted by Gasteiger charge is -2.39. The molecule has 1 fully saturated rings. The van der Waals surface area contributed by atoms with Gasteiger partial charge in [-0.1, -0.05) is 13.8 Å². The summed E-state index contributed by atoms with van der Waals surface area (Å²) < 4.78 is 0. The lowest BCUT2D eigenvalue weighted by Crippen LogP contribution is -2.45. The van der Waals surface area contributed by atoms with Gasteiger partial charge in [0.2, 0.25) is 0 Å². The Morgan fingerprint density at radius 3 is 2.36 bits per heavy atom. The summed E-state index contributed by atoms with van der Waals surface area (Å²) >= 11 is 1.72. The zero-order valence-corrected chi connectivity index (χ0v) is 7.95. The van der Waals surface area contributed by atoms with Crippen LogP contribution in [0.3, 0.4) is 0 Å². The Hall–Kier alpha value is 0.270. The van der Waals surface area contributed by atoms with Crippen molar-refractivity contribution >= 4 is 11.8 Å². The van der Waals surface area contributed by atoms with Crippen LogP contribution in [0.1, 0.15) is 20.3 Å². The quantitative estimate of drug-likeness (QED) is 0.623. The second-order valence-electron chi connectivity index (χ2n) is 4.22. The molecule has 0 aromatic heterocycles. The van der Waals surface area contributed by atoms with Crippen LogP contribution in [0.5, 0.6) is 0 Å². The molecule has 0 aromatic rings. The molecule has 3 heteroatoms. The fourth-order valence-corrected chi connectivity index (χ4v) is 2.94. The van der Waals surface area contributed by atoms with Gasteiger partial charge in [-0.2, -0.15) is 11.8 Å². The minimum atomic E-state index is -0.827. The SMILES string of the molecule is CC1(C)CSCC(O)(CO)C1. The van der Waals surface area contributed by atoms with Gasteiger partial charge in [0.25, 0.3) is 0 Å². The molecule has 0 aromatic carbocycles. The molecule has 1 unspecified atom stereocenters. The van der Waals surface area contributed by atoms with E-state index in [4.69, 9.17) is 5.11 Å². The summed E-state index contributed by atoms with van der Waals surface area (Å²) in [6.07, 6.45) is 0.712. The minimum absolute atomic E-state index is 0.108. The Balaban J connectivity index is 2.59. The van der Waals surface area contributed by atoms with E-state index in [1.54, 1.807) is 11.8 Å². The summed E-state index contributed by atoms with van der Waals surface area (Å²) in [4.78, 5) is 0. The van der Waals surface area contributed by atoms with Crippen molar-refractivity contribution in [3.63, 3.8) is 0 Å². The molecule has 0 radical (unpaired) electrons. The molecule has 1 atom stereocenters. The maximum atomic E-state index is 9.74. The summed E-state index contributed by atoms with van der Waals surface area (Å²) in [5, 5.41) is 18.7. The van der Waals surface area contributed by atoms with Crippen LogP contribution in [0.4, 0.5) is 0 Å². The van der Waals surface area contributed by atoms with Gasteiger partial charge in [-0.05, 0) is 17.6 Å². The average Bonchev–Trinajstić information content (AvgIpc) is 1.85. The fraction of sp³-hybridized carbons (Fsp3) is 1.00. The van der Waals surface area contributed by atoms with Crippen LogP contribution >= 0.6 is 11.8 Å². The summed E-state index contributed by atoms with van der Waals surface area (Å²) in [6, 6.07) is 0. The number of rotatable bonds is 1. The smallest absolute Gasteiger partial charge is 0.0972 e. The molecule has 0 saturated carbocycles. The normalized spacial score (nSPS) is 37.1. The Kier molecular flexibility index (Phi) is 2.52. The lowest BCUT2D eigenvalue weighted by molar-refractivity contribution is -0.0273. The minimum Gasteiger partial charge on any atom is -0.393 e. The lowest BCUT2D eigenvalue weighted by atomic mass is 9.82. The predicted octanol–water partition coefficient (Wildman–Crippen LogP) is 0.873. The standard InChI is InChI=1S/C8H16O2S/c1-7(2)3-8(10,4-9)6-11-5-7/h9-10H,3-6H2,1-2H3. The first-order chi connectivity index (χ1) is 4.97. The fourth-order valence-electron chi connectivity index (χ4n) is 1.61. The van der Waals surface area contributed by atoms with Crippen LogP contribution in [-0.4, -0.2) is 33.9 Å². The Bertz CT molecular complexity index is 147. The molecule has 1 aliphatic rings. The van der Waals surface area contributed by atoms with E-state index in [0.29, 0.717) is 12.2 Å².